The molecule has 3 aromatic heterocycles. The van der Waals surface area contributed by atoms with E-state index < -0.39 is 24.3 Å². The average Bonchev–Trinajstić information content (AvgIpc) is 3.22. The Labute approximate surface area is 158 Å². The fraction of sp³-hybridized carbons (Fsp3) is 0.105. The number of ether oxygens (including phenoxy) is 1. The lowest BCUT2D eigenvalue weighted by molar-refractivity contribution is 0.222. The van der Waals surface area contributed by atoms with E-state index in [9.17, 15) is 9.18 Å². The fourth-order valence-corrected chi connectivity index (χ4v) is 2.63. The van der Waals surface area contributed by atoms with Crippen LogP contribution in [0.2, 0.25) is 0 Å². The van der Waals surface area contributed by atoms with Crippen molar-refractivity contribution < 1.29 is 14.6 Å². The molecular formula is C19H16FN5O2. The summed E-state index contributed by atoms with van der Waals surface area (Å²) in [5, 5.41) is 4.34. The number of aromatic nitrogens is 4. The largest absolute Gasteiger partial charge is 0.481 e. The fourth-order valence-electron chi connectivity index (χ4n) is 2.63. The van der Waals surface area contributed by atoms with Gasteiger partial charge < -0.3 is 15.5 Å². The highest BCUT2D eigenvalue weighted by atomic mass is 19.1. The van der Waals surface area contributed by atoms with Crippen LogP contribution in [0.25, 0.3) is 16.6 Å². The molecule has 0 fully saturated rings. The van der Waals surface area contributed by atoms with E-state index >= 15 is 0 Å². The smallest absolute Gasteiger partial charge is 0.248 e. The van der Waals surface area contributed by atoms with E-state index in [-0.39, 0.29) is 22.9 Å². The second-order valence-corrected chi connectivity index (χ2v) is 5.67. The highest BCUT2D eigenvalue weighted by molar-refractivity contribution is 5.82. The van der Waals surface area contributed by atoms with Gasteiger partial charge in [-0.25, -0.2) is 14.1 Å². The molecule has 3 heterocycles. The average molecular weight is 369 g/mol. The van der Waals surface area contributed by atoms with E-state index in [0.29, 0.717) is 10.9 Å². The van der Waals surface area contributed by atoms with E-state index in [2.05, 4.69) is 15.1 Å². The van der Waals surface area contributed by atoms with Gasteiger partial charge in [0.05, 0.1) is 18.3 Å². The molecule has 0 saturated carbocycles. The van der Waals surface area contributed by atoms with E-state index in [0.717, 1.165) is 0 Å². The van der Waals surface area contributed by atoms with Crippen LogP contribution < -0.4 is 16.0 Å². The van der Waals surface area contributed by atoms with Gasteiger partial charge in [0, 0.05) is 28.0 Å². The maximum Gasteiger partial charge on any atom is 0.248 e. The Morgan fingerprint density at radius 1 is 1.37 bits per heavy atom. The predicted octanol–water partition coefficient (Wildman–Crippen LogP) is 2.97. The lowest BCUT2D eigenvalue weighted by Gasteiger charge is -2.19. The van der Waals surface area contributed by atoms with Gasteiger partial charge in [0.15, 0.2) is 11.6 Å². The molecule has 0 amide bonds. The van der Waals surface area contributed by atoms with Gasteiger partial charge in [-0.3, -0.25) is 4.79 Å². The predicted molar refractivity (Wildman–Crippen MR) is 99.3 cm³/mol. The molecule has 0 aliphatic carbocycles. The maximum absolute atomic E-state index is 13.6. The standard InChI is InChI=1S/C19H16FN5O2/c1-11(18-15(5-6-17(26)24-18)25-8-2-7-22-25)27-16-10-12-9-13(20)3-4-14(12)23-19(16)21/h2-11H,1H3,(H2,21,23)(H,24,26)/t11-/m0/s1/i1D3,11D. The number of nitrogens with two attached hydrogens (primary N) is 1. The minimum atomic E-state index is -3.08. The van der Waals surface area contributed by atoms with Crippen molar-refractivity contribution in [3.63, 3.8) is 0 Å². The Bertz CT molecular complexity index is 1320. The Balaban J connectivity index is 1.92. The molecule has 136 valence electrons. The first-order chi connectivity index (χ1) is 14.6. The highest BCUT2D eigenvalue weighted by Gasteiger charge is 2.17. The van der Waals surface area contributed by atoms with Crippen molar-refractivity contribution in [1.82, 2.24) is 19.7 Å². The molecule has 4 rings (SSSR count). The van der Waals surface area contributed by atoms with Crippen molar-refractivity contribution in [3.05, 3.63) is 76.7 Å². The Hall–Kier alpha value is -3.68. The lowest BCUT2D eigenvalue weighted by atomic mass is 10.2. The number of anilines is 1. The number of benzene rings is 1. The molecule has 3 N–H and O–H groups in total. The SMILES string of the molecule is [2H]C([2H])([2H])[C@]([2H])(Oc1cc2cc(F)ccc2nc1N)c1[nH]c(=O)ccc1-n1cccn1. The van der Waals surface area contributed by atoms with Crippen LogP contribution in [0.15, 0.2) is 59.7 Å². The van der Waals surface area contributed by atoms with Crippen molar-refractivity contribution in [2.24, 2.45) is 0 Å². The Morgan fingerprint density at radius 3 is 3.04 bits per heavy atom. The minimum absolute atomic E-state index is 0.120. The van der Waals surface area contributed by atoms with Gasteiger partial charge in [0.25, 0.3) is 0 Å². The van der Waals surface area contributed by atoms with Crippen LogP contribution in [0, 0.1) is 5.82 Å². The molecule has 1 atom stereocenters. The van der Waals surface area contributed by atoms with Gasteiger partial charge in [-0.15, -0.1) is 0 Å². The van der Waals surface area contributed by atoms with Crippen LogP contribution in [-0.2, 0) is 0 Å². The normalized spacial score (nSPS) is 16.0. The monoisotopic (exact) mass is 369 g/mol. The molecule has 27 heavy (non-hydrogen) atoms. The summed E-state index contributed by atoms with van der Waals surface area (Å²) in [6.45, 7) is -3.08. The van der Waals surface area contributed by atoms with Crippen LogP contribution in [-0.4, -0.2) is 19.7 Å². The molecule has 0 aliphatic rings. The number of hydrogen-bond donors (Lipinski definition) is 2. The molecule has 4 aromatic rings. The summed E-state index contributed by atoms with van der Waals surface area (Å²) >= 11 is 0. The van der Waals surface area contributed by atoms with Crippen LogP contribution in [0.1, 0.15) is 24.1 Å². The zero-order chi connectivity index (χ0) is 22.4. The number of H-pyrrole nitrogens is 1. The number of nitrogens with zero attached hydrogens (tertiary/aromatic N) is 3. The number of aromatic amines is 1. The van der Waals surface area contributed by atoms with E-state index in [4.69, 9.17) is 16.0 Å². The third kappa shape index (κ3) is 3.24. The second kappa shape index (κ2) is 6.56. The number of rotatable bonds is 4. The van der Waals surface area contributed by atoms with Crippen molar-refractivity contribution in [2.45, 2.75) is 12.9 Å². The van der Waals surface area contributed by atoms with Gasteiger partial charge in [0.1, 0.15) is 11.9 Å². The van der Waals surface area contributed by atoms with E-state index in [1.54, 1.807) is 6.07 Å². The number of hydrogen-bond acceptors (Lipinski definition) is 5. The minimum Gasteiger partial charge on any atom is -0.481 e. The number of nitrogen functional groups attached to an aromatic ring is 1. The van der Waals surface area contributed by atoms with Gasteiger partial charge in [-0.1, -0.05) is 0 Å². The molecule has 0 spiro atoms. The first kappa shape index (κ1) is 12.6. The van der Waals surface area contributed by atoms with Crippen molar-refractivity contribution in [2.75, 3.05) is 5.73 Å². The second-order valence-electron chi connectivity index (χ2n) is 5.67. The topological polar surface area (TPSA) is 98.8 Å². The number of pyridine rings is 2. The van der Waals surface area contributed by atoms with Gasteiger partial charge >= 0.3 is 0 Å². The zero-order valence-electron chi connectivity index (χ0n) is 17.8. The molecule has 7 nitrogen and oxygen atoms in total. The Morgan fingerprint density at radius 2 is 2.26 bits per heavy atom. The summed E-state index contributed by atoms with van der Waals surface area (Å²) in [4.78, 5) is 18.5. The molecule has 0 saturated heterocycles. The molecule has 8 heteroatoms. The quantitative estimate of drug-likeness (QED) is 0.576. The van der Waals surface area contributed by atoms with Crippen molar-refractivity contribution in [1.29, 1.82) is 0 Å². The van der Waals surface area contributed by atoms with Crippen molar-refractivity contribution >= 4 is 16.7 Å². The molecule has 0 unspecified atom stereocenters. The maximum atomic E-state index is 13.6. The van der Waals surface area contributed by atoms with Crippen LogP contribution in [0.4, 0.5) is 10.2 Å². The third-order valence-electron chi connectivity index (χ3n) is 3.86. The van der Waals surface area contributed by atoms with E-state index in [1.165, 1.54) is 53.5 Å². The number of halogens is 1. The van der Waals surface area contributed by atoms with Crippen molar-refractivity contribution in [3.8, 4) is 11.4 Å². The summed E-state index contributed by atoms with van der Waals surface area (Å²) in [5.74, 6) is -0.981. The summed E-state index contributed by atoms with van der Waals surface area (Å²) in [6.07, 6.45) is 0.174. The van der Waals surface area contributed by atoms with Crippen LogP contribution in [0.5, 0.6) is 5.75 Å². The Kier molecular flexibility index (Phi) is 3.07. The number of nitrogens with one attached hydrogen (secondary N) is 1. The number of fused-ring (bicyclic) bond motifs is 1. The van der Waals surface area contributed by atoms with Gasteiger partial charge in [-0.2, -0.15) is 5.10 Å². The summed E-state index contributed by atoms with van der Waals surface area (Å²) in [5.41, 5.74) is 5.42. The summed E-state index contributed by atoms with van der Waals surface area (Å²) in [6, 6.07) is 9.19. The first-order valence-corrected chi connectivity index (χ1v) is 7.87. The van der Waals surface area contributed by atoms with Gasteiger partial charge in [-0.05, 0) is 43.3 Å². The van der Waals surface area contributed by atoms with Crippen LogP contribution in [0.3, 0.4) is 0 Å². The summed E-state index contributed by atoms with van der Waals surface area (Å²) in [7, 11) is 0. The molecule has 0 bridgehead atoms. The molecule has 0 aliphatic heterocycles. The molecule has 1 aromatic carbocycles. The third-order valence-corrected chi connectivity index (χ3v) is 3.86. The van der Waals surface area contributed by atoms with Gasteiger partial charge in [0.2, 0.25) is 5.56 Å². The highest BCUT2D eigenvalue weighted by Crippen LogP contribution is 2.30. The lowest BCUT2D eigenvalue weighted by Crippen LogP contribution is -2.17. The van der Waals surface area contributed by atoms with Crippen LogP contribution >= 0.6 is 0 Å². The summed E-state index contributed by atoms with van der Waals surface area (Å²) < 4.78 is 53.3. The molecular weight excluding hydrogens is 349 g/mol. The van der Waals surface area contributed by atoms with E-state index in [1.807, 2.05) is 0 Å². The first-order valence-electron chi connectivity index (χ1n) is 9.87. The molecule has 0 radical (unpaired) electrons. The zero-order valence-corrected chi connectivity index (χ0v) is 13.8.